The van der Waals surface area contributed by atoms with Gasteiger partial charge in [-0.05, 0) is 30.0 Å². The van der Waals surface area contributed by atoms with Crippen molar-refractivity contribution in [3.05, 3.63) is 35.9 Å². The maximum Gasteiger partial charge on any atom is 0.232 e. The molecule has 1 aliphatic carbocycles. The Balaban J connectivity index is 2.31. The molecule has 1 fully saturated rings. The smallest absolute Gasteiger partial charge is 0.232 e. The van der Waals surface area contributed by atoms with Gasteiger partial charge in [0.25, 0.3) is 0 Å². The topological polar surface area (TPSA) is 17.1 Å². The van der Waals surface area contributed by atoms with Gasteiger partial charge in [0.05, 0.1) is 5.41 Å². The van der Waals surface area contributed by atoms with Crippen molar-refractivity contribution in [2.45, 2.75) is 56.8 Å². The van der Waals surface area contributed by atoms with Gasteiger partial charge in [0.15, 0.2) is 0 Å². The summed E-state index contributed by atoms with van der Waals surface area (Å²) in [5.74, 6) is 0. The quantitative estimate of drug-likeness (QED) is 0.700. The Labute approximate surface area is 115 Å². The summed E-state index contributed by atoms with van der Waals surface area (Å²) >= 11 is 5.99. The lowest BCUT2D eigenvalue weighted by molar-refractivity contribution is -0.117. The lowest BCUT2D eigenvalue weighted by Gasteiger charge is -2.30. The molecule has 0 saturated heterocycles. The Hall–Kier alpha value is -0.820. The highest BCUT2D eigenvalue weighted by atomic mass is 35.5. The minimum Gasteiger partial charge on any atom is -0.280 e. The second-order valence-electron chi connectivity index (χ2n) is 5.34. The van der Waals surface area contributed by atoms with E-state index in [-0.39, 0.29) is 5.24 Å². The Morgan fingerprint density at radius 1 is 0.889 bits per heavy atom. The average Bonchev–Trinajstić information content (AvgIpc) is 2.52. The second-order valence-corrected chi connectivity index (χ2v) is 5.69. The molecule has 1 saturated carbocycles. The van der Waals surface area contributed by atoms with Gasteiger partial charge in [0.2, 0.25) is 5.24 Å². The summed E-state index contributed by atoms with van der Waals surface area (Å²) < 4.78 is 0. The summed E-state index contributed by atoms with van der Waals surface area (Å²) in [6.07, 6.45) is 9.04. The van der Waals surface area contributed by atoms with Crippen LogP contribution in [0.25, 0.3) is 0 Å². The van der Waals surface area contributed by atoms with Crippen LogP contribution in [0.15, 0.2) is 30.3 Å². The Bertz CT molecular complexity index is 375. The molecule has 0 N–H and O–H groups in total. The van der Waals surface area contributed by atoms with E-state index in [0.29, 0.717) is 0 Å². The van der Waals surface area contributed by atoms with Crippen molar-refractivity contribution in [3.63, 3.8) is 0 Å². The van der Waals surface area contributed by atoms with Gasteiger partial charge in [-0.15, -0.1) is 0 Å². The van der Waals surface area contributed by atoms with E-state index < -0.39 is 5.41 Å². The highest BCUT2D eigenvalue weighted by Gasteiger charge is 2.38. The van der Waals surface area contributed by atoms with E-state index in [0.717, 1.165) is 31.2 Å². The van der Waals surface area contributed by atoms with E-state index in [9.17, 15) is 4.79 Å². The summed E-state index contributed by atoms with van der Waals surface area (Å²) in [5, 5.41) is -0.171. The molecular formula is C16H21ClO. The van der Waals surface area contributed by atoms with Gasteiger partial charge >= 0.3 is 0 Å². The molecule has 0 atom stereocenters. The first-order chi connectivity index (χ1) is 8.76. The maximum atomic E-state index is 12.1. The molecule has 0 aromatic heterocycles. The average molecular weight is 265 g/mol. The summed E-state index contributed by atoms with van der Waals surface area (Å²) in [4.78, 5) is 12.1. The lowest BCUT2D eigenvalue weighted by atomic mass is 9.74. The molecule has 1 aromatic carbocycles. The number of benzene rings is 1. The number of hydrogen-bond donors (Lipinski definition) is 0. The molecule has 0 unspecified atom stereocenters. The van der Waals surface area contributed by atoms with Gasteiger partial charge in [-0.3, -0.25) is 4.79 Å². The Morgan fingerprint density at radius 2 is 1.39 bits per heavy atom. The van der Waals surface area contributed by atoms with Crippen molar-refractivity contribution < 1.29 is 4.79 Å². The molecule has 2 rings (SSSR count). The van der Waals surface area contributed by atoms with Crippen molar-refractivity contribution in [3.8, 4) is 0 Å². The van der Waals surface area contributed by atoms with Crippen LogP contribution in [0, 0.1) is 0 Å². The predicted octanol–water partition coefficient (Wildman–Crippen LogP) is 4.82. The van der Waals surface area contributed by atoms with Crippen LogP contribution in [0.1, 0.15) is 56.9 Å². The van der Waals surface area contributed by atoms with Crippen LogP contribution in [0.4, 0.5) is 0 Å². The highest BCUT2D eigenvalue weighted by molar-refractivity contribution is 6.65. The molecule has 0 spiro atoms. The zero-order valence-electron chi connectivity index (χ0n) is 10.8. The molecule has 98 valence electrons. The van der Waals surface area contributed by atoms with Crippen molar-refractivity contribution >= 4 is 16.8 Å². The van der Waals surface area contributed by atoms with Gasteiger partial charge in [0, 0.05) is 0 Å². The number of hydrogen-bond acceptors (Lipinski definition) is 1. The highest BCUT2D eigenvalue weighted by Crippen LogP contribution is 2.39. The lowest BCUT2D eigenvalue weighted by Crippen LogP contribution is -2.32. The van der Waals surface area contributed by atoms with Crippen molar-refractivity contribution in [1.29, 1.82) is 0 Å². The third kappa shape index (κ3) is 2.95. The maximum absolute atomic E-state index is 12.1. The zero-order valence-corrected chi connectivity index (χ0v) is 11.6. The van der Waals surface area contributed by atoms with Crippen molar-refractivity contribution in [2.75, 3.05) is 0 Å². The molecule has 0 aliphatic heterocycles. The van der Waals surface area contributed by atoms with Crippen molar-refractivity contribution in [1.82, 2.24) is 0 Å². The summed E-state index contributed by atoms with van der Waals surface area (Å²) in [5.41, 5.74) is 0.666. The van der Waals surface area contributed by atoms with Gasteiger partial charge in [-0.2, -0.15) is 0 Å². The fraction of sp³-hybridized carbons (Fsp3) is 0.562. The molecule has 18 heavy (non-hydrogen) atoms. The molecule has 0 bridgehead atoms. The molecular weight excluding hydrogens is 244 g/mol. The molecule has 0 radical (unpaired) electrons. The van der Waals surface area contributed by atoms with E-state index in [1.807, 2.05) is 18.2 Å². The monoisotopic (exact) mass is 264 g/mol. The summed E-state index contributed by atoms with van der Waals surface area (Å²) in [6, 6.07) is 10.1. The molecule has 1 aliphatic rings. The van der Waals surface area contributed by atoms with Crippen LogP contribution < -0.4 is 0 Å². The molecule has 0 heterocycles. The molecule has 1 aromatic rings. The molecule has 0 amide bonds. The fourth-order valence-electron chi connectivity index (χ4n) is 3.04. The predicted molar refractivity (Wildman–Crippen MR) is 75.9 cm³/mol. The molecule has 1 nitrogen and oxygen atoms in total. The minimum atomic E-state index is -0.437. The third-order valence-electron chi connectivity index (χ3n) is 4.16. The summed E-state index contributed by atoms with van der Waals surface area (Å²) in [7, 11) is 0. The van der Waals surface area contributed by atoms with E-state index in [1.165, 1.54) is 25.7 Å². The largest absolute Gasteiger partial charge is 0.280 e. The van der Waals surface area contributed by atoms with E-state index >= 15 is 0 Å². The van der Waals surface area contributed by atoms with Gasteiger partial charge in [0.1, 0.15) is 0 Å². The van der Waals surface area contributed by atoms with Gasteiger partial charge < -0.3 is 0 Å². The van der Waals surface area contributed by atoms with Crippen LogP contribution in [0.3, 0.4) is 0 Å². The SMILES string of the molecule is O=C(Cl)C1(c2ccccc2)CCCCCCCC1. The van der Waals surface area contributed by atoms with E-state index in [4.69, 9.17) is 11.6 Å². The first-order valence-corrected chi connectivity index (χ1v) is 7.39. The third-order valence-corrected chi connectivity index (χ3v) is 4.52. The van der Waals surface area contributed by atoms with Gasteiger partial charge in [-0.1, -0.05) is 68.9 Å². The Morgan fingerprint density at radius 3 is 1.89 bits per heavy atom. The van der Waals surface area contributed by atoms with E-state index in [2.05, 4.69) is 12.1 Å². The number of carbonyl (C=O) groups is 1. The summed E-state index contributed by atoms with van der Waals surface area (Å²) in [6.45, 7) is 0. The first-order valence-electron chi connectivity index (χ1n) is 7.01. The number of carbonyl (C=O) groups excluding carboxylic acids is 1. The zero-order chi connectivity index (χ0) is 12.8. The van der Waals surface area contributed by atoms with Crippen molar-refractivity contribution in [2.24, 2.45) is 0 Å². The Kier molecular flexibility index (Phi) is 4.82. The normalized spacial score (nSPS) is 20.5. The standard InChI is InChI=1S/C16H21ClO/c17-15(18)16(14-10-6-5-7-11-14)12-8-3-1-2-4-9-13-16/h5-7,10-11H,1-4,8-9,12-13H2. The van der Waals surface area contributed by atoms with Crippen LogP contribution in [0.2, 0.25) is 0 Å². The van der Waals surface area contributed by atoms with Crippen LogP contribution in [0.5, 0.6) is 0 Å². The van der Waals surface area contributed by atoms with Gasteiger partial charge in [-0.25, -0.2) is 0 Å². The fourth-order valence-corrected chi connectivity index (χ4v) is 3.34. The van der Waals surface area contributed by atoms with Crippen LogP contribution in [-0.2, 0) is 10.2 Å². The minimum absolute atomic E-state index is 0.171. The van der Waals surface area contributed by atoms with E-state index in [1.54, 1.807) is 0 Å². The second kappa shape index (κ2) is 6.38. The first kappa shape index (κ1) is 13.6. The molecule has 2 heteroatoms. The van der Waals surface area contributed by atoms with Crippen LogP contribution in [-0.4, -0.2) is 5.24 Å². The number of rotatable bonds is 2. The van der Waals surface area contributed by atoms with Crippen LogP contribution >= 0.6 is 11.6 Å². The number of halogens is 1.